The summed E-state index contributed by atoms with van der Waals surface area (Å²) in [7, 11) is 1.73. The van der Waals surface area contributed by atoms with E-state index >= 15 is 0 Å². The largest absolute Gasteiger partial charge is 0.496 e. The average Bonchev–Trinajstić information content (AvgIpc) is 3.15. The first-order valence-corrected chi connectivity index (χ1v) is 6.84. The number of hydrogen-bond acceptors (Lipinski definition) is 3. The summed E-state index contributed by atoms with van der Waals surface area (Å²) in [5, 5.41) is 3.58. The minimum Gasteiger partial charge on any atom is -0.496 e. The number of methoxy groups -OCH3 is 1. The predicted molar refractivity (Wildman–Crippen MR) is 74.2 cm³/mol. The molecule has 18 heavy (non-hydrogen) atoms. The van der Waals surface area contributed by atoms with Crippen LogP contribution in [-0.2, 0) is 6.42 Å². The zero-order valence-electron chi connectivity index (χ0n) is 11.9. The van der Waals surface area contributed by atoms with Crippen molar-refractivity contribution in [2.45, 2.75) is 46.1 Å². The topological polar surface area (TPSA) is 34.1 Å². The molecule has 1 aromatic rings. The van der Waals surface area contributed by atoms with Crippen LogP contribution in [0.2, 0.25) is 0 Å². The summed E-state index contributed by atoms with van der Waals surface area (Å²) < 4.78 is 5.45. The van der Waals surface area contributed by atoms with Crippen LogP contribution in [0.5, 0.6) is 5.75 Å². The van der Waals surface area contributed by atoms with E-state index in [1.807, 2.05) is 13.1 Å². The van der Waals surface area contributed by atoms with Crippen molar-refractivity contribution in [1.82, 2.24) is 10.3 Å². The standard InChI is InChI=1S/C15H24N2O/c1-10(8-16-13-5-6-13)7-14-12(3)15(18-4)11(2)9-17-14/h9-10,13,16H,5-8H2,1-4H3. The van der Waals surface area contributed by atoms with Gasteiger partial charge < -0.3 is 10.1 Å². The molecule has 0 saturated heterocycles. The lowest BCUT2D eigenvalue weighted by Crippen LogP contribution is -2.24. The van der Waals surface area contributed by atoms with Crippen molar-refractivity contribution in [2.75, 3.05) is 13.7 Å². The van der Waals surface area contributed by atoms with Crippen LogP contribution >= 0.6 is 0 Å². The lowest BCUT2D eigenvalue weighted by atomic mass is 10.0. The smallest absolute Gasteiger partial charge is 0.128 e. The maximum absolute atomic E-state index is 5.45. The number of hydrogen-bond donors (Lipinski definition) is 1. The monoisotopic (exact) mass is 248 g/mol. The summed E-state index contributed by atoms with van der Waals surface area (Å²) in [5.74, 6) is 1.60. The molecule has 1 aliphatic rings. The molecule has 0 aliphatic heterocycles. The first-order chi connectivity index (χ1) is 8.61. The van der Waals surface area contributed by atoms with Crippen LogP contribution in [0.25, 0.3) is 0 Å². The Labute approximate surface area is 110 Å². The highest BCUT2D eigenvalue weighted by molar-refractivity contribution is 5.41. The fourth-order valence-electron chi connectivity index (χ4n) is 2.33. The Bertz CT molecular complexity index is 413. The second-order valence-corrected chi connectivity index (χ2v) is 5.54. The minimum atomic E-state index is 0.615. The Morgan fingerprint density at radius 1 is 1.44 bits per heavy atom. The molecule has 3 heteroatoms. The molecule has 1 fully saturated rings. The molecule has 1 aromatic heterocycles. The number of pyridine rings is 1. The first kappa shape index (κ1) is 13.3. The molecule has 2 rings (SSSR count). The number of nitrogens with one attached hydrogen (secondary N) is 1. The lowest BCUT2D eigenvalue weighted by molar-refractivity contribution is 0.405. The van der Waals surface area contributed by atoms with Gasteiger partial charge in [0.2, 0.25) is 0 Å². The minimum absolute atomic E-state index is 0.615. The van der Waals surface area contributed by atoms with Crippen LogP contribution in [0, 0.1) is 19.8 Å². The zero-order chi connectivity index (χ0) is 13.1. The highest BCUT2D eigenvalue weighted by atomic mass is 16.5. The molecule has 0 radical (unpaired) electrons. The van der Waals surface area contributed by atoms with Gasteiger partial charge in [0.15, 0.2) is 0 Å². The second kappa shape index (κ2) is 5.70. The molecular formula is C15H24N2O. The maximum Gasteiger partial charge on any atom is 0.128 e. The summed E-state index contributed by atoms with van der Waals surface area (Å²) in [4.78, 5) is 4.56. The van der Waals surface area contributed by atoms with E-state index in [1.54, 1.807) is 7.11 Å². The second-order valence-electron chi connectivity index (χ2n) is 5.54. The third-order valence-corrected chi connectivity index (χ3v) is 3.62. The van der Waals surface area contributed by atoms with E-state index in [0.717, 1.165) is 30.3 Å². The average molecular weight is 248 g/mol. The molecular weight excluding hydrogens is 224 g/mol. The van der Waals surface area contributed by atoms with Gasteiger partial charge in [-0.05, 0) is 45.6 Å². The van der Waals surface area contributed by atoms with E-state index < -0.39 is 0 Å². The Morgan fingerprint density at radius 3 is 2.78 bits per heavy atom. The number of ether oxygens (including phenoxy) is 1. The number of nitrogens with zero attached hydrogens (tertiary/aromatic N) is 1. The van der Waals surface area contributed by atoms with E-state index in [-0.39, 0.29) is 0 Å². The van der Waals surface area contributed by atoms with Gasteiger partial charge in [-0.2, -0.15) is 0 Å². The molecule has 0 aromatic carbocycles. The van der Waals surface area contributed by atoms with E-state index in [4.69, 9.17) is 4.74 Å². The van der Waals surface area contributed by atoms with Crippen LogP contribution in [0.4, 0.5) is 0 Å². The van der Waals surface area contributed by atoms with Gasteiger partial charge in [-0.1, -0.05) is 6.92 Å². The Balaban J connectivity index is 1.98. The number of aryl methyl sites for hydroxylation is 1. The SMILES string of the molecule is COc1c(C)cnc(CC(C)CNC2CC2)c1C. The molecule has 1 atom stereocenters. The van der Waals surface area contributed by atoms with Crippen LogP contribution in [-0.4, -0.2) is 24.7 Å². The predicted octanol–water partition coefficient (Wildman–Crippen LogP) is 2.64. The highest BCUT2D eigenvalue weighted by Crippen LogP contribution is 2.25. The van der Waals surface area contributed by atoms with Gasteiger partial charge in [-0.25, -0.2) is 0 Å². The van der Waals surface area contributed by atoms with E-state index in [1.165, 1.54) is 24.1 Å². The third kappa shape index (κ3) is 3.22. The third-order valence-electron chi connectivity index (χ3n) is 3.62. The van der Waals surface area contributed by atoms with Crippen molar-refractivity contribution >= 4 is 0 Å². The van der Waals surface area contributed by atoms with Crippen molar-refractivity contribution in [1.29, 1.82) is 0 Å². The quantitative estimate of drug-likeness (QED) is 0.840. The van der Waals surface area contributed by atoms with Crippen LogP contribution in [0.3, 0.4) is 0 Å². The molecule has 1 heterocycles. The van der Waals surface area contributed by atoms with Crippen LogP contribution < -0.4 is 10.1 Å². The van der Waals surface area contributed by atoms with E-state index in [2.05, 4.69) is 24.1 Å². The summed E-state index contributed by atoms with van der Waals surface area (Å²) in [5.41, 5.74) is 3.47. The van der Waals surface area contributed by atoms with Gasteiger partial charge in [-0.15, -0.1) is 0 Å². The van der Waals surface area contributed by atoms with Gasteiger partial charge in [0.05, 0.1) is 7.11 Å². The summed E-state index contributed by atoms with van der Waals surface area (Å²) in [6.07, 6.45) is 5.63. The zero-order valence-corrected chi connectivity index (χ0v) is 11.9. The molecule has 100 valence electrons. The molecule has 0 spiro atoms. The summed E-state index contributed by atoms with van der Waals surface area (Å²) in [6, 6.07) is 0.786. The summed E-state index contributed by atoms with van der Waals surface area (Å²) >= 11 is 0. The van der Waals surface area contributed by atoms with Gasteiger partial charge in [0.25, 0.3) is 0 Å². The van der Waals surface area contributed by atoms with Crippen molar-refractivity contribution in [3.05, 3.63) is 23.0 Å². The Kier molecular flexibility index (Phi) is 4.23. The maximum atomic E-state index is 5.45. The van der Waals surface area contributed by atoms with Crippen molar-refractivity contribution < 1.29 is 4.74 Å². The summed E-state index contributed by atoms with van der Waals surface area (Å²) in [6.45, 7) is 7.51. The van der Waals surface area contributed by atoms with Gasteiger partial charge >= 0.3 is 0 Å². The molecule has 0 bridgehead atoms. The van der Waals surface area contributed by atoms with Gasteiger partial charge in [0.1, 0.15) is 5.75 Å². The number of rotatable bonds is 6. The fourth-order valence-corrected chi connectivity index (χ4v) is 2.33. The van der Waals surface area contributed by atoms with Crippen LogP contribution in [0.1, 0.15) is 36.6 Å². The van der Waals surface area contributed by atoms with E-state index in [9.17, 15) is 0 Å². The Hall–Kier alpha value is -1.09. The molecule has 1 unspecified atom stereocenters. The number of aromatic nitrogens is 1. The lowest BCUT2D eigenvalue weighted by Gasteiger charge is -2.16. The van der Waals surface area contributed by atoms with Gasteiger partial charge in [0, 0.05) is 29.1 Å². The molecule has 1 N–H and O–H groups in total. The Morgan fingerprint density at radius 2 is 2.17 bits per heavy atom. The fraction of sp³-hybridized carbons (Fsp3) is 0.667. The van der Waals surface area contributed by atoms with Gasteiger partial charge in [-0.3, -0.25) is 4.98 Å². The highest BCUT2D eigenvalue weighted by Gasteiger charge is 2.21. The molecule has 1 aliphatic carbocycles. The van der Waals surface area contributed by atoms with E-state index in [0.29, 0.717) is 5.92 Å². The molecule has 0 amide bonds. The van der Waals surface area contributed by atoms with Crippen molar-refractivity contribution in [3.8, 4) is 5.75 Å². The molecule has 1 saturated carbocycles. The first-order valence-electron chi connectivity index (χ1n) is 6.84. The molecule has 3 nitrogen and oxygen atoms in total. The van der Waals surface area contributed by atoms with Crippen molar-refractivity contribution in [2.24, 2.45) is 5.92 Å². The van der Waals surface area contributed by atoms with Crippen molar-refractivity contribution in [3.63, 3.8) is 0 Å². The van der Waals surface area contributed by atoms with Crippen LogP contribution in [0.15, 0.2) is 6.20 Å². The normalized spacial score (nSPS) is 16.7.